The minimum absolute atomic E-state index is 0.167. The summed E-state index contributed by atoms with van der Waals surface area (Å²) in [6.45, 7) is 0. The molecule has 4 aliphatic rings. The average Bonchev–Trinajstić information content (AvgIpc) is 3.14. The normalized spacial score (nSPS) is 49.0. The lowest BCUT2D eigenvalue weighted by molar-refractivity contribution is -0.447. The predicted octanol–water partition coefficient (Wildman–Crippen LogP) is 2.30. The second-order valence-corrected chi connectivity index (χ2v) is 7.96. The van der Waals surface area contributed by atoms with E-state index < -0.39 is 35.8 Å². The Balaban J connectivity index is 1.70. The molecule has 0 heterocycles. The van der Waals surface area contributed by atoms with Crippen LogP contribution in [0.1, 0.15) is 32.1 Å². The molecule has 0 saturated heterocycles. The summed E-state index contributed by atoms with van der Waals surface area (Å²) < 4.78 is 67.1. The molecule has 7 unspecified atom stereocenters. The lowest BCUT2D eigenvalue weighted by atomic mass is 9.63. The smallest absolute Gasteiger partial charge is 0.383 e. The number of halogens is 5. The molecule has 0 spiro atoms. The maximum absolute atomic E-state index is 14.5. The van der Waals surface area contributed by atoms with Crippen LogP contribution < -0.4 is 0 Å². The van der Waals surface area contributed by atoms with E-state index in [2.05, 4.69) is 0 Å². The van der Waals surface area contributed by atoms with Gasteiger partial charge in [0.2, 0.25) is 0 Å². The van der Waals surface area contributed by atoms with Crippen LogP contribution in [0.25, 0.3) is 0 Å². The zero-order valence-electron chi connectivity index (χ0n) is 12.2. The van der Waals surface area contributed by atoms with Crippen molar-refractivity contribution < 1.29 is 37.3 Å². The topological polar surface area (TPSA) is 60.7 Å². The third-order valence-corrected chi connectivity index (χ3v) is 7.18. The molecule has 132 valence electrons. The first-order valence-electron chi connectivity index (χ1n) is 8.03. The van der Waals surface area contributed by atoms with Crippen molar-refractivity contribution in [2.45, 2.75) is 55.6 Å². The van der Waals surface area contributed by atoms with Gasteiger partial charge in [0.1, 0.15) is 5.60 Å². The van der Waals surface area contributed by atoms with E-state index >= 15 is 0 Å². The van der Waals surface area contributed by atoms with Crippen molar-refractivity contribution in [3.63, 3.8) is 0 Å². The van der Waals surface area contributed by atoms with Gasteiger partial charge in [-0.2, -0.15) is 22.0 Å². The van der Waals surface area contributed by atoms with E-state index in [0.717, 1.165) is 19.3 Å². The molecule has 0 radical (unpaired) electrons. The number of hydrogen-bond acceptors (Lipinski definition) is 3. The quantitative estimate of drug-likeness (QED) is 0.410. The fourth-order valence-electron chi connectivity index (χ4n) is 6.44. The first-order chi connectivity index (χ1) is 10.4. The van der Waals surface area contributed by atoms with E-state index in [4.69, 9.17) is 10.2 Å². The molecular formula is C15H19F5O3. The molecule has 8 heteroatoms. The van der Waals surface area contributed by atoms with Crippen molar-refractivity contribution >= 4 is 0 Å². The minimum atomic E-state index is -5.94. The third-order valence-electron chi connectivity index (χ3n) is 7.18. The molecule has 4 saturated carbocycles. The van der Waals surface area contributed by atoms with E-state index in [9.17, 15) is 27.1 Å². The summed E-state index contributed by atoms with van der Waals surface area (Å²) in [6.07, 6.45) is -3.40. The van der Waals surface area contributed by atoms with Crippen molar-refractivity contribution in [3.05, 3.63) is 0 Å². The zero-order valence-corrected chi connectivity index (χ0v) is 12.2. The van der Waals surface area contributed by atoms with E-state index in [1.807, 2.05) is 0 Å². The highest BCUT2D eigenvalue weighted by Gasteiger charge is 2.82. The first kappa shape index (κ1) is 16.0. The highest BCUT2D eigenvalue weighted by atomic mass is 19.4. The second-order valence-electron chi connectivity index (χ2n) is 7.96. The van der Waals surface area contributed by atoms with Crippen molar-refractivity contribution in [2.24, 2.45) is 35.5 Å². The molecule has 4 aliphatic carbocycles. The van der Waals surface area contributed by atoms with E-state index in [0.29, 0.717) is 5.92 Å². The number of rotatable bonds is 2. The van der Waals surface area contributed by atoms with Crippen molar-refractivity contribution in [1.29, 1.82) is 0 Å². The molecule has 0 aromatic carbocycles. The van der Waals surface area contributed by atoms with Gasteiger partial charge in [-0.05, 0) is 67.6 Å². The highest BCUT2D eigenvalue weighted by Crippen LogP contribution is 2.72. The minimum Gasteiger partial charge on any atom is -0.383 e. The Morgan fingerprint density at radius 3 is 1.96 bits per heavy atom. The summed E-state index contributed by atoms with van der Waals surface area (Å²) in [7, 11) is 0. The lowest BCUT2D eigenvalue weighted by Gasteiger charge is -2.49. The Hall–Kier alpha value is -0.470. The molecule has 23 heavy (non-hydrogen) atoms. The number of aliphatic hydroxyl groups is 3. The Bertz CT molecular complexity index is 534. The van der Waals surface area contributed by atoms with Gasteiger partial charge in [0.15, 0.2) is 0 Å². The lowest BCUT2D eigenvalue weighted by Crippen LogP contribution is -2.71. The van der Waals surface area contributed by atoms with Crippen LogP contribution in [-0.2, 0) is 0 Å². The maximum Gasteiger partial charge on any atom is 0.449 e. The van der Waals surface area contributed by atoms with Gasteiger partial charge in [-0.15, -0.1) is 0 Å². The molecule has 3 nitrogen and oxygen atoms in total. The Morgan fingerprint density at radius 1 is 0.826 bits per heavy atom. The summed E-state index contributed by atoms with van der Waals surface area (Å²) >= 11 is 0. The van der Waals surface area contributed by atoms with Crippen LogP contribution in [-0.4, -0.2) is 38.8 Å². The van der Waals surface area contributed by atoms with Crippen molar-refractivity contribution in [2.75, 3.05) is 0 Å². The van der Waals surface area contributed by atoms with Crippen LogP contribution in [0.3, 0.4) is 0 Å². The number of hydrogen-bond donors (Lipinski definition) is 3. The van der Waals surface area contributed by atoms with Crippen LogP contribution in [0.4, 0.5) is 22.0 Å². The summed E-state index contributed by atoms with van der Waals surface area (Å²) in [6, 6.07) is 0. The average molecular weight is 342 g/mol. The molecule has 0 aromatic heterocycles. The van der Waals surface area contributed by atoms with Gasteiger partial charge in [0.05, 0.1) is 0 Å². The fraction of sp³-hybridized carbons (Fsp3) is 1.00. The van der Waals surface area contributed by atoms with Gasteiger partial charge < -0.3 is 15.3 Å². The Labute approximate surface area is 129 Å². The molecule has 3 N–H and O–H groups in total. The van der Waals surface area contributed by atoms with Gasteiger partial charge >= 0.3 is 17.9 Å². The summed E-state index contributed by atoms with van der Waals surface area (Å²) in [4.78, 5) is 0. The molecule has 0 aliphatic heterocycles. The number of alkyl halides is 5. The standard InChI is InChI=1S/C15H19F5O3/c16-13(17,14(22,23)15(18,19)20)12(21)5-8-4-9(12)11-7-2-1-6(3-7)10(8)11/h6-11,21-23H,1-5H2. The maximum atomic E-state index is 14.5. The van der Waals surface area contributed by atoms with Crippen LogP contribution in [0.15, 0.2) is 0 Å². The van der Waals surface area contributed by atoms with Gasteiger partial charge in [-0.25, -0.2) is 0 Å². The molecule has 7 atom stereocenters. The summed E-state index contributed by atoms with van der Waals surface area (Å²) in [5.74, 6) is -11.0. The fourth-order valence-corrected chi connectivity index (χ4v) is 6.44. The van der Waals surface area contributed by atoms with Crippen LogP contribution in [0, 0.1) is 35.5 Å². The highest BCUT2D eigenvalue weighted by molar-refractivity contribution is 5.21. The van der Waals surface area contributed by atoms with E-state index in [1.165, 1.54) is 0 Å². The SMILES string of the molecule is OC1(C(F)(F)C(O)(O)C(F)(F)F)CC2CC1C1C3CCC(C3)C21. The second kappa shape index (κ2) is 4.19. The largest absolute Gasteiger partial charge is 0.449 e. The summed E-state index contributed by atoms with van der Waals surface area (Å²) in [5.41, 5.74) is -3.01. The first-order valence-corrected chi connectivity index (χ1v) is 8.03. The molecule has 0 amide bonds. The molecular weight excluding hydrogens is 323 g/mol. The Kier molecular flexibility index (Phi) is 2.92. The third kappa shape index (κ3) is 1.65. The number of fused-ring (bicyclic) bond motifs is 9. The van der Waals surface area contributed by atoms with E-state index in [1.54, 1.807) is 0 Å². The van der Waals surface area contributed by atoms with Gasteiger partial charge in [0, 0.05) is 0 Å². The van der Waals surface area contributed by atoms with Gasteiger partial charge in [-0.1, -0.05) is 0 Å². The van der Waals surface area contributed by atoms with Gasteiger partial charge in [0.25, 0.3) is 0 Å². The van der Waals surface area contributed by atoms with Crippen molar-refractivity contribution in [3.8, 4) is 0 Å². The zero-order chi connectivity index (χ0) is 17.0. The van der Waals surface area contributed by atoms with Crippen LogP contribution in [0.2, 0.25) is 0 Å². The predicted molar refractivity (Wildman–Crippen MR) is 67.1 cm³/mol. The van der Waals surface area contributed by atoms with Crippen LogP contribution in [0.5, 0.6) is 0 Å². The Morgan fingerprint density at radius 2 is 1.39 bits per heavy atom. The molecule has 4 bridgehead atoms. The monoisotopic (exact) mass is 342 g/mol. The van der Waals surface area contributed by atoms with Crippen molar-refractivity contribution in [1.82, 2.24) is 0 Å². The summed E-state index contributed by atoms with van der Waals surface area (Å²) in [5, 5.41) is 28.8. The molecule has 4 fully saturated rings. The molecule has 0 aromatic rings. The van der Waals surface area contributed by atoms with Crippen LogP contribution >= 0.6 is 0 Å². The van der Waals surface area contributed by atoms with Gasteiger partial charge in [-0.3, -0.25) is 0 Å². The van der Waals surface area contributed by atoms with E-state index in [-0.39, 0.29) is 30.1 Å². The molecule has 4 rings (SSSR count).